The number of aromatic nitrogens is 3. The van der Waals surface area contributed by atoms with Crippen LogP contribution in [0.5, 0.6) is 0 Å². The highest BCUT2D eigenvalue weighted by atomic mass is 15.0. The van der Waals surface area contributed by atoms with Crippen LogP contribution in [0.2, 0.25) is 0 Å². The van der Waals surface area contributed by atoms with Crippen molar-refractivity contribution in [2.45, 2.75) is 52.5 Å². The molecule has 1 N–H and O–H groups in total. The number of hydrogen-bond acceptors (Lipinski definition) is 4. The first kappa shape index (κ1) is 14.0. The van der Waals surface area contributed by atoms with Crippen molar-refractivity contribution in [1.29, 1.82) is 0 Å². The predicted molar refractivity (Wildman–Crippen MR) is 84.4 cm³/mol. The van der Waals surface area contributed by atoms with Gasteiger partial charge in [-0.05, 0) is 50.7 Å². The maximum atomic E-state index is 4.79. The van der Waals surface area contributed by atoms with Gasteiger partial charge >= 0.3 is 0 Å². The maximum absolute atomic E-state index is 4.79. The minimum atomic E-state index is 0.715. The molecule has 3 rings (SSSR count). The van der Waals surface area contributed by atoms with Gasteiger partial charge in [-0.15, -0.1) is 0 Å². The quantitative estimate of drug-likeness (QED) is 0.935. The maximum Gasteiger partial charge on any atom is 0.130 e. The molecule has 0 aromatic carbocycles. The molecule has 0 saturated heterocycles. The Kier molecular flexibility index (Phi) is 4.13. The number of fused-ring (bicyclic) bond motifs is 1. The standard InChI is InChI=1S/C17H22N4/c1-3-14-10-17(20-12(2)19-14)18-11-15-9-8-13-6-4-5-7-16(13)21-15/h8-10H,3-7,11H2,1-2H3,(H,18,19,20). The van der Waals surface area contributed by atoms with Crippen molar-refractivity contribution in [3.8, 4) is 0 Å². The Balaban J connectivity index is 1.71. The van der Waals surface area contributed by atoms with Crippen molar-refractivity contribution in [2.24, 2.45) is 0 Å². The molecule has 1 aliphatic carbocycles. The Morgan fingerprint density at radius 3 is 2.76 bits per heavy atom. The molecule has 2 heterocycles. The summed E-state index contributed by atoms with van der Waals surface area (Å²) in [5, 5.41) is 3.37. The molecule has 4 heteroatoms. The third-order valence-corrected chi connectivity index (χ3v) is 3.94. The minimum Gasteiger partial charge on any atom is -0.364 e. The molecule has 0 saturated carbocycles. The second-order valence-corrected chi connectivity index (χ2v) is 5.61. The number of nitrogens with one attached hydrogen (secondary N) is 1. The summed E-state index contributed by atoms with van der Waals surface area (Å²) < 4.78 is 0. The van der Waals surface area contributed by atoms with E-state index in [1.165, 1.54) is 30.5 Å². The van der Waals surface area contributed by atoms with Crippen LogP contribution in [0.1, 0.15) is 48.2 Å². The normalized spacial score (nSPS) is 13.8. The van der Waals surface area contributed by atoms with E-state index in [0.717, 1.165) is 35.9 Å². The average molecular weight is 282 g/mol. The Labute approximate surface area is 126 Å². The molecule has 0 bridgehead atoms. The summed E-state index contributed by atoms with van der Waals surface area (Å²) in [6.07, 6.45) is 5.79. The van der Waals surface area contributed by atoms with E-state index in [1.807, 2.05) is 13.0 Å². The van der Waals surface area contributed by atoms with Gasteiger partial charge in [-0.2, -0.15) is 0 Å². The van der Waals surface area contributed by atoms with Crippen LogP contribution in [-0.4, -0.2) is 15.0 Å². The van der Waals surface area contributed by atoms with Gasteiger partial charge in [-0.25, -0.2) is 9.97 Å². The van der Waals surface area contributed by atoms with E-state index in [2.05, 4.69) is 34.3 Å². The zero-order valence-corrected chi connectivity index (χ0v) is 12.8. The summed E-state index contributed by atoms with van der Waals surface area (Å²) >= 11 is 0. The van der Waals surface area contributed by atoms with E-state index in [-0.39, 0.29) is 0 Å². The van der Waals surface area contributed by atoms with Gasteiger partial charge in [0.05, 0.1) is 12.2 Å². The second-order valence-electron chi connectivity index (χ2n) is 5.61. The number of nitrogens with zero attached hydrogens (tertiary/aromatic N) is 3. The van der Waals surface area contributed by atoms with E-state index in [4.69, 9.17) is 4.98 Å². The summed E-state index contributed by atoms with van der Waals surface area (Å²) in [5.41, 5.74) is 4.87. The van der Waals surface area contributed by atoms with E-state index >= 15 is 0 Å². The number of pyridine rings is 1. The fraction of sp³-hybridized carbons (Fsp3) is 0.471. The lowest BCUT2D eigenvalue weighted by Crippen LogP contribution is -2.10. The Bertz CT molecular complexity index is 637. The molecule has 0 amide bonds. The molecule has 0 aliphatic heterocycles. The van der Waals surface area contributed by atoms with Crippen molar-refractivity contribution in [1.82, 2.24) is 15.0 Å². The van der Waals surface area contributed by atoms with Crippen LogP contribution >= 0.6 is 0 Å². The first-order chi connectivity index (χ1) is 10.2. The first-order valence-electron chi connectivity index (χ1n) is 7.80. The van der Waals surface area contributed by atoms with Gasteiger partial charge in [-0.1, -0.05) is 13.0 Å². The van der Waals surface area contributed by atoms with Crippen LogP contribution in [0, 0.1) is 6.92 Å². The molecular formula is C17H22N4. The van der Waals surface area contributed by atoms with Crippen molar-refractivity contribution in [2.75, 3.05) is 5.32 Å². The van der Waals surface area contributed by atoms with Gasteiger partial charge in [0.25, 0.3) is 0 Å². The summed E-state index contributed by atoms with van der Waals surface area (Å²) in [7, 11) is 0. The molecule has 21 heavy (non-hydrogen) atoms. The second kappa shape index (κ2) is 6.20. The lowest BCUT2D eigenvalue weighted by Gasteiger charge is -2.15. The fourth-order valence-corrected chi connectivity index (χ4v) is 2.81. The minimum absolute atomic E-state index is 0.715. The van der Waals surface area contributed by atoms with Crippen molar-refractivity contribution in [3.63, 3.8) is 0 Å². The highest BCUT2D eigenvalue weighted by Crippen LogP contribution is 2.20. The molecule has 2 aromatic heterocycles. The van der Waals surface area contributed by atoms with Crippen LogP contribution in [-0.2, 0) is 25.8 Å². The highest BCUT2D eigenvalue weighted by molar-refractivity contribution is 5.37. The van der Waals surface area contributed by atoms with E-state index in [1.54, 1.807) is 0 Å². The van der Waals surface area contributed by atoms with Crippen molar-refractivity contribution in [3.05, 3.63) is 46.7 Å². The van der Waals surface area contributed by atoms with Crippen LogP contribution in [0.3, 0.4) is 0 Å². The molecule has 1 aliphatic rings. The number of rotatable bonds is 4. The summed E-state index contributed by atoms with van der Waals surface area (Å²) in [5.74, 6) is 1.70. The molecule has 0 spiro atoms. The zero-order chi connectivity index (χ0) is 14.7. The SMILES string of the molecule is CCc1cc(NCc2ccc3c(n2)CCCC3)nc(C)n1. The molecule has 110 valence electrons. The van der Waals surface area contributed by atoms with Crippen LogP contribution in [0.4, 0.5) is 5.82 Å². The summed E-state index contributed by atoms with van der Waals surface area (Å²) in [4.78, 5) is 13.6. The Hall–Kier alpha value is -1.97. The van der Waals surface area contributed by atoms with E-state index in [9.17, 15) is 0 Å². The lowest BCUT2D eigenvalue weighted by molar-refractivity contribution is 0.663. The van der Waals surface area contributed by atoms with E-state index < -0.39 is 0 Å². The third-order valence-electron chi connectivity index (χ3n) is 3.94. The fourth-order valence-electron chi connectivity index (χ4n) is 2.81. The Morgan fingerprint density at radius 1 is 1.05 bits per heavy atom. The molecule has 2 aromatic rings. The van der Waals surface area contributed by atoms with Crippen LogP contribution in [0.25, 0.3) is 0 Å². The van der Waals surface area contributed by atoms with Crippen LogP contribution < -0.4 is 5.32 Å². The number of aryl methyl sites for hydroxylation is 4. The monoisotopic (exact) mass is 282 g/mol. The van der Waals surface area contributed by atoms with Gasteiger partial charge < -0.3 is 5.32 Å². The largest absolute Gasteiger partial charge is 0.364 e. The van der Waals surface area contributed by atoms with E-state index in [0.29, 0.717) is 6.54 Å². The molecule has 0 atom stereocenters. The molecular weight excluding hydrogens is 260 g/mol. The summed E-state index contributed by atoms with van der Waals surface area (Å²) in [6.45, 7) is 4.75. The lowest BCUT2D eigenvalue weighted by atomic mass is 9.96. The van der Waals surface area contributed by atoms with Gasteiger partial charge in [0.1, 0.15) is 11.6 Å². The Morgan fingerprint density at radius 2 is 1.90 bits per heavy atom. The zero-order valence-electron chi connectivity index (χ0n) is 12.8. The van der Waals surface area contributed by atoms with Gasteiger partial charge in [0.2, 0.25) is 0 Å². The molecule has 0 radical (unpaired) electrons. The first-order valence-corrected chi connectivity index (χ1v) is 7.80. The van der Waals surface area contributed by atoms with Crippen molar-refractivity contribution < 1.29 is 0 Å². The van der Waals surface area contributed by atoms with Gasteiger partial charge in [-0.3, -0.25) is 4.98 Å². The average Bonchev–Trinajstić information content (AvgIpc) is 2.52. The molecule has 4 nitrogen and oxygen atoms in total. The van der Waals surface area contributed by atoms with Crippen molar-refractivity contribution >= 4 is 5.82 Å². The predicted octanol–water partition coefficient (Wildman–Crippen LogP) is 3.23. The molecule has 0 unspecified atom stereocenters. The smallest absolute Gasteiger partial charge is 0.130 e. The third kappa shape index (κ3) is 3.38. The number of hydrogen-bond donors (Lipinski definition) is 1. The van der Waals surface area contributed by atoms with Crippen LogP contribution in [0.15, 0.2) is 18.2 Å². The van der Waals surface area contributed by atoms with Gasteiger partial charge in [0, 0.05) is 17.5 Å². The topological polar surface area (TPSA) is 50.7 Å². The van der Waals surface area contributed by atoms with Gasteiger partial charge in [0.15, 0.2) is 0 Å². The highest BCUT2D eigenvalue weighted by Gasteiger charge is 2.11. The molecule has 0 fully saturated rings. The summed E-state index contributed by atoms with van der Waals surface area (Å²) in [6, 6.07) is 6.39. The number of anilines is 1.